The van der Waals surface area contributed by atoms with Gasteiger partial charge in [-0.1, -0.05) is 0 Å². The second kappa shape index (κ2) is 7.42. The number of morpholine rings is 1. The molecule has 2 aliphatic heterocycles. The number of thiophene rings is 1. The quantitative estimate of drug-likeness (QED) is 0.901. The second-order valence-corrected chi connectivity index (χ2v) is 7.06. The fourth-order valence-electron chi connectivity index (χ4n) is 2.94. The maximum Gasteiger partial charge on any atom is 0.264 e. The van der Waals surface area contributed by atoms with Crippen LogP contribution >= 0.6 is 11.3 Å². The third-order valence-electron chi connectivity index (χ3n) is 4.14. The standard InChI is InChI=1S/C16H22N2O4S/c1-11(19)17-9-12-4-5-15(23-12)16(20)18-6-8-22-14(10-18)13-3-2-7-21-13/h4-5,13-14H,2-3,6-10H2,1H3,(H,17,19)/t13-,14+/m1/s1. The SMILES string of the molecule is CC(=O)NCc1ccc(C(=O)N2CCO[C@H]([C@H]3CCCO3)C2)s1. The van der Waals surface area contributed by atoms with E-state index >= 15 is 0 Å². The highest BCUT2D eigenvalue weighted by molar-refractivity contribution is 7.14. The van der Waals surface area contributed by atoms with Gasteiger partial charge in [0.2, 0.25) is 5.91 Å². The molecule has 3 rings (SSSR count). The third-order valence-corrected chi connectivity index (χ3v) is 5.22. The Balaban J connectivity index is 1.59. The average molecular weight is 338 g/mol. The Morgan fingerprint density at radius 3 is 2.87 bits per heavy atom. The van der Waals surface area contributed by atoms with Crippen molar-refractivity contribution in [1.82, 2.24) is 10.2 Å². The van der Waals surface area contributed by atoms with Crippen molar-refractivity contribution in [2.75, 3.05) is 26.3 Å². The zero-order chi connectivity index (χ0) is 16.2. The molecule has 2 fully saturated rings. The first-order valence-corrected chi connectivity index (χ1v) is 8.81. The Labute approximate surface area is 139 Å². The summed E-state index contributed by atoms with van der Waals surface area (Å²) in [7, 11) is 0. The van der Waals surface area contributed by atoms with Crippen LogP contribution in [0.1, 0.15) is 34.3 Å². The van der Waals surface area contributed by atoms with E-state index < -0.39 is 0 Å². The molecule has 0 unspecified atom stereocenters. The van der Waals surface area contributed by atoms with Crippen LogP contribution in [0.5, 0.6) is 0 Å². The van der Waals surface area contributed by atoms with Gasteiger partial charge in [0.05, 0.1) is 24.1 Å². The lowest BCUT2D eigenvalue weighted by molar-refractivity contribution is -0.119. The van der Waals surface area contributed by atoms with Crippen LogP contribution in [0.25, 0.3) is 0 Å². The molecule has 3 heterocycles. The summed E-state index contributed by atoms with van der Waals surface area (Å²) in [6, 6.07) is 3.73. The van der Waals surface area contributed by atoms with Crippen LogP contribution < -0.4 is 5.32 Å². The Hall–Kier alpha value is -1.44. The summed E-state index contributed by atoms with van der Waals surface area (Å²) in [4.78, 5) is 27.2. The van der Waals surface area contributed by atoms with Crippen molar-refractivity contribution < 1.29 is 19.1 Å². The number of hydrogen-bond donors (Lipinski definition) is 1. The first-order valence-electron chi connectivity index (χ1n) is 7.99. The van der Waals surface area contributed by atoms with Gasteiger partial charge in [-0.2, -0.15) is 0 Å². The molecule has 1 N–H and O–H groups in total. The van der Waals surface area contributed by atoms with Crippen molar-refractivity contribution >= 4 is 23.2 Å². The minimum Gasteiger partial charge on any atom is -0.375 e. The summed E-state index contributed by atoms with van der Waals surface area (Å²) in [6.07, 6.45) is 2.17. The van der Waals surface area contributed by atoms with Crippen molar-refractivity contribution in [3.05, 3.63) is 21.9 Å². The zero-order valence-corrected chi connectivity index (χ0v) is 14.1. The van der Waals surface area contributed by atoms with Gasteiger partial charge in [-0.05, 0) is 25.0 Å². The number of carbonyl (C=O) groups excluding carboxylic acids is 2. The molecule has 2 saturated heterocycles. The first kappa shape index (κ1) is 16.4. The van der Waals surface area contributed by atoms with E-state index in [2.05, 4.69) is 5.32 Å². The molecule has 0 aromatic carbocycles. The minimum atomic E-state index is -0.0705. The Bertz CT molecular complexity index is 568. The maximum atomic E-state index is 12.7. The molecule has 1 aromatic rings. The highest BCUT2D eigenvalue weighted by Gasteiger charge is 2.33. The number of hydrogen-bond acceptors (Lipinski definition) is 5. The summed E-state index contributed by atoms with van der Waals surface area (Å²) >= 11 is 1.43. The monoisotopic (exact) mass is 338 g/mol. The molecule has 0 bridgehead atoms. The summed E-state index contributed by atoms with van der Waals surface area (Å²) in [5.74, 6) is -0.0331. The predicted octanol–water partition coefficient (Wildman–Crippen LogP) is 1.40. The van der Waals surface area contributed by atoms with Crippen LogP contribution in [0.15, 0.2) is 12.1 Å². The van der Waals surface area contributed by atoms with Gasteiger partial charge in [0.15, 0.2) is 0 Å². The molecule has 0 radical (unpaired) electrons. The van der Waals surface area contributed by atoms with Crippen molar-refractivity contribution in [1.29, 1.82) is 0 Å². The minimum absolute atomic E-state index is 0.0194. The average Bonchev–Trinajstić information content (AvgIpc) is 3.24. The van der Waals surface area contributed by atoms with Crippen LogP contribution in [0.3, 0.4) is 0 Å². The second-order valence-electron chi connectivity index (χ2n) is 5.89. The zero-order valence-electron chi connectivity index (χ0n) is 13.2. The van der Waals surface area contributed by atoms with E-state index in [0.717, 1.165) is 24.3 Å². The number of ether oxygens (including phenoxy) is 2. The van der Waals surface area contributed by atoms with Gasteiger partial charge in [0, 0.05) is 31.5 Å². The summed E-state index contributed by atoms with van der Waals surface area (Å²) in [5.41, 5.74) is 0. The fourth-order valence-corrected chi connectivity index (χ4v) is 3.85. The Morgan fingerprint density at radius 1 is 1.30 bits per heavy atom. The van der Waals surface area contributed by atoms with Crippen LogP contribution in [-0.2, 0) is 20.8 Å². The van der Waals surface area contributed by atoms with Gasteiger partial charge in [-0.15, -0.1) is 11.3 Å². The maximum absolute atomic E-state index is 12.7. The lowest BCUT2D eigenvalue weighted by Gasteiger charge is -2.35. The van der Waals surface area contributed by atoms with E-state index in [1.165, 1.54) is 18.3 Å². The van der Waals surface area contributed by atoms with Gasteiger partial charge in [-0.3, -0.25) is 9.59 Å². The van der Waals surface area contributed by atoms with E-state index in [4.69, 9.17) is 9.47 Å². The largest absolute Gasteiger partial charge is 0.375 e. The van der Waals surface area contributed by atoms with Gasteiger partial charge >= 0.3 is 0 Å². The Kier molecular flexibility index (Phi) is 5.30. The van der Waals surface area contributed by atoms with Gasteiger partial charge in [0.1, 0.15) is 6.10 Å². The van der Waals surface area contributed by atoms with Crippen LogP contribution in [0.4, 0.5) is 0 Å². The fraction of sp³-hybridized carbons (Fsp3) is 0.625. The van der Waals surface area contributed by atoms with E-state index in [1.807, 2.05) is 17.0 Å². The molecule has 126 valence electrons. The molecule has 0 saturated carbocycles. The highest BCUT2D eigenvalue weighted by Crippen LogP contribution is 2.23. The molecule has 2 amide bonds. The van der Waals surface area contributed by atoms with E-state index in [0.29, 0.717) is 31.1 Å². The first-order chi connectivity index (χ1) is 11.1. The van der Waals surface area contributed by atoms with E-state index in [-0.39, 0.29) is 24.0 Å². The molecule has 2 atom stereocenters. The summed E-state index contributed by atoms with van der Waals surface area (Å²) < 4.78 is 11.5. The molecule has 0 spiro atoms. The lowest BCUT2D eigenvalue weighted by Crippen LogP contribution is -2.49. The summed E-state index contributed by atoms with van der Waals surface area (Å²) in [6.45, 7) is 4.49. The number of nitrogens with zero attached hydrogens (tertiary/aromatic N) is 1. The Morgan fingerprint density at radius 2 is 2.13 bits per heavy atom. The lowest BCUT2D eigenvalue weighted by atomic mass is 10.1. The van der Waals surface area contributed by atoms with Gasteiger partial charge < -0.3 is 19.7 Å². The molecule has 0 aliphatic carbocycles. The van der Waals surface area contributed by atoms with Crippen molar-refractivity contribution in [3.8, 4) is 0 Å². The number of rotatable bonds is 4. The van der Waals surface area contributed by atoms with E-state index in [9.17, 15) is 9.59 Å². The molecular formula is C16H22N2O4S. The molecule has 7 heteroatoms. The van der Waals surface area contributed by atoms with Crippen LogP contribution in [-0.4, -0.2) is 55.2 Å². The topological polar surface area (TPSA) is 67.9 Å². The van der Waals surface area contributed by atoms with Gasteiger partial charge in [0.25, 0.3) is 5.91 Å². The number of nitrogens with one attached hydrogen (secondary N) is 1. The molecular weight excluding hydrogens is 316 g/mol. The van der Waals surface area contributed by atoms with Crippen molar-refractivity contribution in [2.24, 2.45) is 0 Å². The van der Waals surface area contributed by atoms with Crippen molar-refractivity contribution in [3.63, 3.8) is 0 Å². The third kappa shape index (κ3) is 4.10. The van der Waals surface area contributed by atoms with Crippen LogP contribution in [0, 0.1) is 0 Å². The van der Waals surface area contributed by atoms with Crippen molar-refractivity contribution in [2.45, 2.75) is 38.5 Å². The molecule has 23 heavy (non-hydrogen) atoms. The predicted molar refractivity (Wildman–Crippen MR) is 86.5 cm³/mol. The van der Waals surface area contributed by atoms with Gasteiger partial charge in [-0.25, -0.2) is 0 Å². The molecule has 6 nitrogen and oxygen atoms in total. The molecule has 1 aromatic heterocycles. The smallest absolute Gasteiger partial charge is 0.264 e. The normalized spacial score (nSPS) is 24.7. The van der Waals surface area contributed by atoms with Crippen LogP contribution in [0.2, 0.25) is 0 Å². The molecule has 2 aliphatic rings. The summed E-state index contributed by atoms with van der Waals surface area (Å²) in [5, 5.41) is 2.75. The number of amides is 2. The van der Waals surface area contributed by atoms with E-state index in [1.54, 1.807) is 0 Å². The highest BCUT2D eigenvalue weighted by atomic mass is 32.1. The number of carbonyl (C=O) groups is 2.